The van der Waals surface area contributed by atoms with Gasteiger partial charge < -0.3 is 10.6 Å². The van der Waals surface area contributed by atoms with Gasteiger partial charge in [0.05, 0.1) is 12.2 Å². The van der Waals surface area contributed by atoms with Crippen LogP contribution in [0.5, 0.6) is 0 Å². The maximum absolute atomic E-state index is 12.5. The summed E-state index contributed by atoms with van der Waals surface area (Å²) in [6.07, 6.45) is 1.66. The molecule has 0 saturated heterocycles. The van der Waals surface area contributed by atoms with Crippen molar-refractivity contribution < 1.29 is 9.59 Å². The van der Waals surface area contributed by atoms with E-state index in [0.29, 0.717) is 5.69 Å². The number of aryl methyl sites for hydroxylation is 1. The predicted molar refractivity (Wildman–Crippen MR) is 97.4 cm³/mol. The molecule has 6 heteroatoms. The minimum Gasteiger partial charge on any atom is -0.350 e. The number of halogens is 1. The minimum atomic E-state index is -1.20. The minimum absolute atomic E-state index is 0.285. The van der Waals surface area contributed by atoms with E-state index in [0.717, 1.165) is 15.7 Å². The molecule has 1 heterocycles. The van der Waals surface area contributed by atoms with Crippen LogP contribution in [0.15, 0.2) is 47.1 Å². The van der Waals surface area contributed by atoms with Gasteiger partial charge in [-0.25, -0.2) is 0 Å². The lowest BCUT2D eigenvalue weighted by Crippen LogP contribution is -2.45. The summed E-state index contributed by atoms with van der Waals surface area (Å²) in [6.45, 7) is 5.42. The highest BCUT2D eigenvalue weighted by Gasteiger charge is 2.36. The molecule has 2 N–H and O–H groups in total. The van der Waals surface area contributed by atoms with Crippen molar-refractivity contribution in [2.75, 3.05) is 5.32 Å². The zero-order valence-corrected chi connectivity index (χ0v) is 15.5. The van der Waals surface area contributed by atoms with E-state index < -0.39 is 5.41 Å². The van der Waals surface area contributed by atoms with Crippen LogP contribution in [-0.2, 0) is 16.1 Å². The molecule has 5 nitrogen and oxygen atoms in total. The number of carbonyl (C=O) groups is 2. The summed E-state index contributed by atoms with van der Waals surface area (Å²) in [5.41, 5.74) is 1.21. The van der Waals surface area contributed by atoms with Crippen LogP contribution in [0.1, 0.15) is 25.1 Å². The predicted octanol–water partition coefficient (Wildman–Crippen LogP) is 3.43. The summed E-state index contributed by atoms with van der Waals surface area (Å²) in [5, 5.41) is 5.55. The van der Waals surface area contributed by atoms with Gasteiger partial charge in [-0.15, -0.1) is 0 Å². The van der Waals surface area contributed by atoms with E-state index in [1.165, 1.54) is 0 Å². The fourth-order valence-electron chi connectivity index (χ4n) is 2.01. The summed E-state index contributed by atoms with van der Waals surface area (Å²) in [4.78, 5) is 29.0. The van der Waals surface area contributed by atoms with Crippen molar-refractivity contribution in [1.29, 1.82) is 0 Å². The molecule has 2 rings (SSSR count). The van der Waals surface area contributed by atoms with E-state index >= 15 is 0 Å². The molecule has 1 aromatic carbocycles. The number of amides is 2. The molecular formula is C18H20BrN3O2. The topological polar surface area (TPSA) is 71.1 Å². The van der Waals surface area contributed by atoms with Crippen molar-refractivity contribution in [3.05, 3.63) is 58.3 Å². The third kappa shape index (κ3) is 4.41. The van der Waals surface area contributed by atoms with Crippen LogP contribution < -0.4 is 10.6 Å². The van der Waals surface area contributed by atoms with E-state index in [1.54, 1.807) is 26.1 Å². The van der Waals surface area contributed by atoms with Crippen molar-refractivity contribution in [1.82, 2.24) is 10.3 Å². The highest BCUT2D eigenvalue weighted by Crippen LogP contribution is 2.23. The van der Waals surface area contributed by atoms with Crippen LogP contribution in [0.2, 0.25) is 0 Å². The SMILES string of the molecule is Cc1cc(NC(=O)C(C)(C)C(=O)NCc2ccccn2)ccc1Br. The fourth-order valence-corrected chi connectivity index (χ4v) is 2.25. The Morgan fingerprint density at radius 1 is 1.17 bits per heavy atom. The molecule has 2 aromatic rings. The molecule has 0 radical (unpaired) electrons. The number of pyridine rings is 1. The molecule has 1 aromatic heterocycles. The molecule has 0 bridgehead atoms. The molecule has 24 heavy (non-hydrogen) atoms. The Hall–Kier alpha value is -2.21. The van der Waals surface area contributed by atoms with Crippen molar-refractivity contribution in [2.45, 2.75) is 27.3 Å². The van der Waals surface area contributed by atoms with Gasteiger partial charge in [0.25, 0.3) is 0 Å². The quantitative estimate of drug-likeness (QED) is 0.769. The number of nitrogens with zero attached hydrogens (tertiary/aromatic N) is 1. The highest BCUT2D eigenvalue weighted by atomic mass is 79.9. The number of carbonyl (C=O) groups excluding carboxylic acids is 2. The van der Waals surface area contributed by atoms with Gasteiger partial charge in [-0.3, -0.25) is 14.6 Å². The first-order valence-corrected chi connectivity index (χ1v) is 8.36. The lowest BCUT2D eigenvalue weighted by molar-refractivity contribution is -0.138. The smallest absolute Gasteiger partial charge is 0.239 e. The van der Waals surface area contributed by atoms with Gasteiger partial charge in [0.15, 0.2) is 0 Å². The molecule has 0 fully saturated rings. The highest BCUT2D eigenvalue weighted by molar-refractivity contribution is 9.10. The second kappa shape index (κ2) is 7.57. The molecule has 0 spiro atoms. The Balaban J connectivity index is 2.00. The van der Waals surface area contributed by atoms with E-state index in [4.69, 9.17) is 0 Å². The van der Waals surface area contributed by atoms with Crippen LogP contribution in [-0.4, -0.2) is 16.8 Å². The van der Waals surface area contributed by atoms with E-state index in [2.05, 4.69) is 31.5 Å². The van der Waals surface area contributed by atoms with Crippen LogP contribution in [0, 0.1) is 12.3 Å². The molecule has 0 aliphatic rings. The van der Waals surface area contributed by atoms with Crippen molar-refractivity contribution in [3.63, 3.8) is 0 Å². The largest absolute Gasteiger partial charge is 0.350 e. The number of hydrogen-bond donors (Lipinski definition) is 2. The van der Waals surface area contributed by atoms with E-state index in [1.807, 2.05) is 37.3 Å². The van der Waals surface area contributed by atoms with E-state index in [-0.39, 0.29) is 18.4 Å². The standard InChI is InChI=1S/C18H20BrN3O2/c1-12-10-13(7-8-15(12)19)22-17(24)18(2,3)16(23)21-11-14-6-4-5-9-20-14/h4-10H,11H2,1-3H3,(H,21,23)(H,22,24). The summed E-state index contributed by atoms with van der Waals surface area (Å²) < 4.78 is 0.966. The van der Waals surface area contributed by atoms with Gasteiger partial charge >= 0.3 is 0 Å². The third-order valence-electron chi connectivity index (χ3n) is 3.71. The summed E-state index contributed by atoms with van der Waals surface area (Å²) in [7, 11) is 0. The first-order valence-electron chi connectivity index (χ1n) is 7.56. The second-order valence-electron chi connectivity index (χ2n) is 6.05. The maximum atomic E-state index is 12.5. The number of benzene rings is 1. The molecule has 0 aliphatic heterocycles. The van der Waals surface area contributed by atoms with Gasteiger partial charge in [-0.2, -0.15) is 0 Å². The third-order valence-corrected chi connectivity index (χ3v) is 4.60. The Morgan fingerprint density at radius 3 is 2.54 bits per heavy atom. The van der Waals surface area contributed by atoms with Gasteiger partial charge in [-0.05, 0) is 56.7 Å². The Morgan fingerprint density at radius 2 is 1.92 bits per heavy atom. The van der Waals surface area contributed by atoms with Crippen LogP contribution in [0.25, 0.3) is 0 Å². The molecule has 0 aliphatic carbocycles. The number of nitrogens with one attached hydrogen (secondary N) is 2. The Bertz CT molecular complexity index is 745. The molecule has 0 saturated carbocycles. The lowest BCUT2D eigenvalue weighted by atomic mass is 9.91. The summed E-state index contributed by atoms with van der Waals surface area (Å²) in [5.74, 6) is -0.706. The first-order chi connectivity index (χ1) is 11.3. The molecule has 0 unspecified atom stereocenters. The first kappa shape index (κ1) is 18.1. The number of aromatic nitrogens is 1. The molecule has 0 atom stereocenters. The van der Waals surface area contributed by atoms with Crippen molar-refractivity contribution >= 4 is 33.4 Å². The van der Waals surface area contributed by atoms with E-state index in [9.17, 15) is 9.59 Å². The van der Waals surface area contributed by atoms with Gasteiger partial charge in [0, 0.05) is 16.4 Å². The molecular weight excluding hydrogens is 370 g/mol. The molecule has 126 valence electrons. The van der Waals surface area contributed by atoms with Gasteiger partial charge in [0.2, 0.25) is 11.8 Å². The Kier molecular flexibility index (Phi) is 5.72. The van der Waals surface area contributed by atoms with Gasteiger partial charge in [0.1, 0.15) is 5.41 Å². The lowest BCUT2D eigenvalue weighted by Gasteiger charge is -2.22. The average Bonchev–Trinajstić information content (AvgIpc) is 2.56. The number of anilines is 1. The number of rotatable bonds is 5. The van der Waals surface area contributed by atoms with Crippen LogP contribution in [0.4, 0.5) is 5.69 Å². The van der Waals surface area contributed by atoms with Crippen LogP contribution >= 0.6 is 15.9 Å². The zero-order chi connectivity index (χ0) is 17.7. The average molecular weight is 390 g/mol. The number of hydrogen-bond acceptors (Lipinski definition) is 3. The molecule has 2 amide bonds. The van der Waals surface area contributed by atoms with Crippen molar-refractivity contribution in [3.8, 4) is 0 Å². The van der Waals surface area contributed by atoms with Crippen molar-refractivity contribution in [2.24, 2.45) is 5.41 Å². The normalized spacial score (nSPS) is 11.0. The monoisotopic (exact) mass is 389 g/mol. The summed E-state index contributed by atoms with van der Waals surface area (Å²) >= 11 is 3.42. The maximum Gasteiger partial charge on any atom is 0.239 e. The van der Waals surface area contributed by atoms with Gasteiger partial charge in [-0.1, -0.05) is 22.0 Å². The zero-order valence-electron chi connectivity index (χ0n) is 13.9. The second-order valence-corrected chi connectivity index (χ2v) is 6.90. The Labute approximate surface area is 150 Å². The summed E-state index contributed by atoms with van der Waals surface area (Å²) in [6, 6.07) is 11.0. The fraction of sp³-hybridized carbons (Fsp3) is 0.278. The van der Waals surface area contributed by atoms with Crippen LogP contribution in [0.3, 0.4) is 0 Å².